The normalized spacial score (nSPS) is 17.7. The van der Waals surface area contributed by atoms with E-state index in [9.17, 15) is 8.42 Å². The number of benzene rings is 1. The maximum Gasteiger partial charge on any atom is 0.211 e. The summed E-state index contributed by atoms with van der Waals surface area (Å²) in [6.07, 6.45) is 3.78. The molecule has 13 heteroatoms. The minimum absolute atomic E-state index is 0.00706. The first-order chi connectivity index (χ1) is 17.5. The van der Waals surface area contributed by atoms with Gasteiger partial charge in [0.15, 0.2) is 5.82 Å². The summed E-state index contributed by atoms with van der Waals surface area (Å²) in [5.41, 5.74) is 8.11. The number of aromatic nitrogens is 3. The van der Waals surface area contributed by atoms with E-state index < -0.39 is 16.1 Å². The molecule has 1 aromatic carbocycles. The second kappa shape index (κ2) is 9.39. The number of nitrogen functional groups attached to an aromatic ring is 1. The highest BCUT2D eigenvalue weighted by atomic mass is 35.5. The van der Waals surface area contributed by atoms with Gasteiger partial charge in [0.25, 0.3) is 0 Å². The first-order valence-electron chi connectivity index (χ1n) is 11.4. The van der Waals surface area contributed by atoms with Gasteiger partial charge in [-0.2, -0.15) is 0 Å². The molecule has 0 saturated carbocycles. The number of nitrogens with two attached hydrogens (primary N) is 1. The van der Waals surface area contributed by atoms with E-state index in [1.165, 1.54) is 23.0 Å². The molecule has 0 amide bonds. The van der Waals surface area contributed by atoms with Gasteiger partial charge in [-0.1, -0.05) is 23.2 Å². The lowest BCUT2D eigenvalue weighted by molar-refractivity contribution is 0.0394. The number of nitrogens with zero attached hydrogens (tertiary/aromatic N) is 5. The van der Waals surface area contributed by atoms with Gasteiger partial charge in [-0.25, -0.2) is 12.7 Å². The van der Waals surface area contributed by atoms with Crippen LogP contribution in [0.15, 0.2) is 42.7 Å². The topological polar surface area (TPSA) is 138 Å². The van der Waals surface area contributed by atoms with Crippen LogP contribution in [0.3, 0.4) is 0 Å². The average Bonchev–Trinajstić information content (AvgIpc) is 2.77. The van der Waals surface area contributed by atoms with E-state index in [4.69, 9.17) is 39.1 Å². The summed E-state index contributed by atoms with van der Waals surface area (Å²) in [7, 11) is -3.14. The lowest BCUT2D eigenvalue weighted by Crippen LogP contribution is -2.73. The van der Waals surface area contributed by atoms with Crippen LogP contribution in [0.1, 0.15) is 29.8 Å². The van der Waals surface area contributed by atoms with E-state index in [0.717, 1.165) is 13.1 Å². The molecule has 0 radical (unpaired) electrons. The fourth-order valence-electron chi connectivity index (χ4n) is 4.72. The van der Waals surface area contributed by atoms with E-state index in [2.05, 4.69) is 20.1 Å². The Bertz CT molecular complexity index is 1450. The molecular weight excluding hydrogens is 537 g/mol. The van der Waals surface area contributed by atoms with E-state index >= 15 is 0 Å². The Kier molecular flexibility index (Phi) is 6.51. The second-order valence-corrected chi connectivity index (χ2v) is 12.4. The van der Waals surface area contributed by atoms with Gasteiger partial charge < -0.3 is 15.4 Å². The second-order valence-electron chi connectivity index (χ2n) is 9.56. The van der Waals surface area contributed by atoms with Crippen molar-refractivity contribution in [3.05, 3.63) is 69.6 Å². The van der Waals surface area contributed by atoms with Gasteiger partial charge in [-0.15, -0.1) is 10.2 Å². The largest absolute Gasteiger partial charge is 0.486 e. The van der Waals surface area contributed by atoms with Gasteiger partial charge in [0.05, 0.1) is 22.0 Å². The maximum absolute atomic E-state index is 11.6. The summed E-state index contributed by atoms with van der Waals surface area (Å²) in [6, 6.07) is 8.59. The number of nitrogens with one attached hydrogen (secondary N) is 1. The minimum Gasteiger partial charge on any atom is -0.486 e. The van der Waals surface area contributed by atoms with Crippen molar-refractivity contribution in [2.75, 3.05) is 43.1 Å². The molecule has 2 aliphatic heterocycles. The summed E-state index contributed by atoms with van der Waals surface area (Å²) in [4.78, 5) is 6.02. The third kappa shape index (κ3) is 4.96. The summed E-state index contributed by atoms with van der Waals surface area (Å²) >= 11 is 12.5. The number of rotatable bonds is 7. The van der Waals surface area contributed by atoms with Crippen LogP contribution in [0.25, 0.3) is 0 Å². The molecule has 3 aromatic rings. The first-order valence-corrected chi connectivity index (χ1v) is 14.0. The van der Waals surface area contributed by atoms with Crippen LogP contribution in [0.2, 0.25) is 10.0 Å². The third-order valence-corrected chi connectivity index (χ3v) is 8.48. The number of anilines is 2. The molecule has 0 aliphatic carbocycles. The van der Waals surface area contributed by atoms with Crippen LogP contribution >= 0.6 is 23.2 Å². The quantitative estimate of drug-likeness (QED) is 0.330. The van der Waals surface area contributed by atoms with Crippen LogP contribution in [0.5, 0.6) is 5.75 Å². The van der Waals surface area contributed by atoms with Crippen LogP contribution in [0.4, 0.5) is 11.5 Å². The third-order valence-electron chi connectivity index (χ3n) is 6.68. The van der Waals surface area contributed by atoms with Gasteiger partial charge in [0, 0.05) is 60.8 Å². The van der Waals surface area contributed by atoms with Crippen LogP contribution in [-0.4, -0.2) is 66.1 Å². The fourth-order valence-corrected chi connectivity index (χ4v) is 6.41. The van der Waals surface area contributed by atoms with Gasteiger partial charge in [-0.3, -0.25) is 10.4 Å². The summed E-state index contributed by atoms with van der Waals surface area (Å²) in [5.74, 6) is 1.18. The monoisotopic (exact) mass is 561 g/mol. The Morgan fingerprint density at radius 1 is 1.11 bits per heavy atom. The van der Waals surface area contributed by atoms with E-state index in [1.54, 1.807) is 24.3 Å². The molecule has 2 aromatic heterocycles. The summed E-state index contributed by atoms with van der Waals surface area (Å²) in [5, 5.41) is 18.0. The lowest BCUT2D eigenvalue weighted by Gasteiger charge is -2.59. The molecule has 2 saturated heterocycles. The van der Waals surface area contributed by atoms with Crippen molar-refractivity contribution >= 4 is 50.4 Å². The predicted octanol–water partition coefficient (Wildman–Crippen LogP) is 3.40. The molecule has 4 heterocycles. The molecule has 3 N–H and O–H groups in total. The Labute approximate surface area is 224 Å². The van der Waals surface area contributed by atoms with E-state index in [1.807, 2.05) is 13.0 Å². The van der Waals surface area contributed by atoms with E-state index in [0.29, 0.717) is 57.2 Å². The number of ether oxygens (including phenoxy) is 1. The van der Waals surface area contributed by atoms with Crippen LogP contribution in [0, 0.1) is 10.8 Å². The highest BCUT2D eigenvalue weighted by molar-refractivity contribution is 7.88. The smallest absolute Gasteiger partial charge is 0.211 e. The number of sulfonamides is 1. The van der Waals surface area contributed by atoms with Crippen molar-refractivity contribution in [1.82, 2.24) is 19.5 Å². The molecular formula is C24H25Cl2N7O3S. The molecule has 0 unspecified atom stereocenters. The minimum atomic E-state index is -3.14. The summed E-state index contributed by atoms with van der Waals surface area (Å²) in [6.45, 7) is 4.34. The highest BCUT2D eigenvalue weighted by Crippen LogP contribution is 2.42. The fraction of sp³-hybridized carbons (Fsp3) is 0.333. The standard InChI is InChI=1S/C24H25Cl2N7O3S/c1-14(22-17(25)8-29-9-18(22)26)36-15-3-4-19(27)16(7-15)23(28)20-5-6-21(31-30-20)32-10-24(11-32)12-33(13-24)37(2,34)35/h3-9,14,28H,10-13,27H2,1-2H3/t14-/m0/s1. The zero-order valence-corrected chi connectivity index (χ0v) is 22.5. The van der Waals surface area contributed by atoms with Crippen molar-refractivity contribution < 1.29 is 13.2 Å². The molecule has 1 spiro atoms. The molecule has 5 rings (SSSR count). The number of hydrogen-bond acceptors (Lipinski definition) is 9. The predicted molar refractivity (Wildman–Crippen MR) is 143 cm³/mol. The molecule has 10 nitrogen and oxygen atoms in total. The average molecular weight is 562 g/mol. The first kappa shape index (κ1) is 25.7. The Hall–Kier alpha value is -2.99. The van der Waals surface area contributed by atoms with Gasteiger partial charge >= 0.3 is 0 Å². The Morgan fingerprint density at radius 2 is 1.78 bits per heavy atom. The Morgan fingerprint density at radius 3 is 2.38 bits per heavy atom. The van der Waals surface area contributed by atoms with Crippen molar-refractivity contribution in [2.24, 2.45) is 5.41 Å². The molecule has 2 fully saturated rings. The van der Waals surface area contributed by atoms with Crippen LogP contribution < -0.4 is 15.4 Å². The zero-order chi connectivity index (χ0) is 26.5. The number of hydrogen-bond donors (Lipinski definition) is 2. The van der Waals surface area contributed by atoms with Crippen molar-refractivity contribution in [3.63, 3.8) is 0 Å². The highest BCUT2D eigenvalue weighted by Gasteiger charge is 2.54. The molecule has 1 atom stereocenters. The molecule has 2 aliphatic rings. The molecule has 0 bridgehead atoms. The van der Waals surface area contributed by atoms with Crippen molar-refractivity contribution in [1.29, 1.82) is 5.41 Å². The van der Waals surface area contributed by atoms with Crippen molar-refractivity contribution in [2.45, 2.75) is 13.0 Å². The van der Waals surface area contributed by atoms with Gasteiger partial charge in [-0.05, 0) is 37.3 Å². The number of pyridine rings is 1. The maximum atomic E-state index is 11.6. The van der Waals surface area contributed by atoms with Crippen LogP contribution in [-0.2, 0) is 10.0 Å². The summed E-state index contributed by atoms with van der Waals surface area (Å²) < 4.78 is 30.8. The number of halogens is 2. The molecule has 37 heavy (non-hydrogen) atoms. The lowest BCUT2D eigenvalue weighted by atomic mass is 9.74. The SMILES string of the molecule is C[C@H](Oc1ccc(N)c(C(=N)c2ccc(N3CC4(C3)CN(S(C)(=O)=O)C4)nn2)c1)c1c(Cl)cncc1Cl. The van der Waals surface area contributed by atoms with Gasteiger partial charge in [0.1, 0.15) is 17.5 Å². The Balaban J connectivity index is 1.26. The van der Waals surface area contributed by atoms with E-state index in [-0.39, 0.29) is 11.1 Å². The van der Waals surface area contributed by atoms with Crippen molar-refractivity contribution in [3.8, 4) is 5.75 Å². The van der Waals surface area contributed by atoms with Gasteiger partial charge in [0.2, 0.25) is 10.0 Å². The molecule has 194 valence electrons. The zero-order valence-electron chi connectivity index (χ0n) is 20.1.